The molecule has 0 bridgehead atoms. The van der Waals surface area contributed by atoms with Gasteiger partial charge in [0.05, 0.1) is 0 Å². The van der Waals surface area contributed by atoms with E-state index in [1.807, 2.05) is 0 Å². The van der Waals surface area contributed by atoms with Crippen molar-refractivity contribution in [2.24, 2.45) is 0 Å². The molecule has 0 aliphatic rings. The molecule has 0 fully saturated rings. The van der Waals surface area contributed by atoms with E-state index in [0.29, 0.717) is 0 Å². The monoisotopic (exact) mass is 232 g/mol. The number of halogens is 3. The molecule has 0 saturated carbocycles. The topological polar surface area (TPSA) is 54.4 Å². The van der Waals surface area contributed by atoms with E-state index in [1.54, 1.807) is 15.9 Å². The highest BCUT2D eigenvalue weighted by Gasteiger charge is 2.34. The van der Waals surface area contributed by atoms with Crippen LogP contribution in [-0.2, 0) is 9.59 Å². The minimum atomic E-state index is -3.77. The van der Waals surface area contributed by atoms with Crippen LogP contribution < -0.4 is 0 Å². The van der Waals surface area contributed by atoms with Crippen LogP contribution in [0.15, 0.2) is 0 Å². The molecule has 0 rings (SSSR count). The Morgan fingerprint density at radius 2 is 1.45 bits per heavy atom. The number of carbonyl (C=O) groups excluding carboxylic acids is 1. The Morgan fingerprint density at radius 3 is 1.45 bits per heavy atom. The fraction of sp³-hybridized carbons (Fsp3) is 0.600. The summed E-state index contributed by atoms with van der Waals surface area (Å²) in [6.45, 7) is 3.06. The average molecular weight is 233 g/mol. The molecule has 0 radical (unpaired) electrons. The maximum absolute atomic E-state index is 11.2. The first kappa shape index (κ1) is 13.1. The molecule has 0 aliphatic carbocycles. The second-order valence-corrected chi connectivity index (χ2v) is 2.71. The van der Waals surface area contributed by atoms with Crippen LogP contribution in [-0.4, -0.2) is 21.7 Å². The van der Waals surface area contributed by atoms with Crippen LogP contribution in [0.3, 0.4) is 0 Å². The smallest absolute Gasteiger partial charge is 0.395 e. The average Bonchev–Trinajstić information content (AvgIpc) is 1.59. The van der Waals surface area contributed by atoms with Gasteiger partial charge in [-0.05, 0) is 13.8 Å². The molecule has 0 spiro atoms. The van der Waals surface area contributed by atoms with Crippen molar-refractivity contribution in [3.05, 3.63) is 0 Å². The maximum atomic E-state index is 11.2. The number of carbonyl (C=O) groups is 2. The van der Waals surface area contributed by atoms with Crippen LogP contribution in [0.5, 0.6) is 0 Å². The Bertz CT molecular complexity index is 148. The number of hydrogen-bond acceptors (Lipinski definition) is 2. The Labute approximate surface area is 70.5 Å². The van der Waals surface area contributed by atoms with Gasteiger partial charge in [-0.2, -0.15) is 8.78 Å². The van der Waals surface area contributed by atoms with Crippen LogP contribution in [0.1, 0.15) is 13.8 Å². The van der Waals surface area contributed by atoms with E-state index < -0.39 is 10.8 Å². The summed E-state index contributed by atoms with van der Waals surface area (Å²) in [6, 6.07) is 0. The second kappa shape index (κ2) is 5.17. The number of carboxylic acid groups (broad SMARTS) is 1. The molecule has 66 valence electrons. The summed E-state index contributed by atoms with van der Waals surface area (Å²) in [4.78, 5) is 14.9. The van der Waals surface area contributed by atoms with Crippen LogP contribution in [0.4, 0.5) is 8.78 Å². The molecule has 11 heavy (non-hydrogen) atoms. The van der Waals surface area contributed by atoms with Gasteiger partial charge < -0.3 is 9.90 Å². The molecule has 0 aromatic rings. The van der Waals surface area contributed by atoms with Crippen molar-refractivity contribution in [1.82, 2.24) is 0 Å². The minimum Gasteiger partial charge on any atom is -0.476 e. The normalized spacial score (nSPS) is 9.55. The highest BCUT2D eigenvalue weighted by molar-refractivity contribution is 9.10. The van der Waals surface area contributed by atoms with E-state index in [-0.39, 0.29) is 5.78 Å². The molecule has 0 saturated heterocycles. The van der Waals surface area contributed by atoms with Gasteiger partial charge in [-0.15, -0.1) is 0 Å². The lowest BCUT2D eigenvalue weighted by Crippen LogP contribution is -2.18. The maximum Gasteiger partial charge on any atom is 0.395 e. The third-order valence-electron chi connectivity index (χ3n) is 0.243. The number of aliphatic carboxylic acids is 1. The lowest BCUT2D eigenvalue weighted by Gasteiger charge is -1.96. The van der Waals surface area contributed by atoms with Gasteiger partial charge in [0.1, 0.15) is 5.78 Å². The summed E-state index contributed by atoms with van der Waals surface area (Å²) in [5, 5.41) is 7.45. The SMILES string of the molecule is CC(C)=O.O=C(O)C(F)(F)Br. The summed E-state index contributed by atoms with van der Waals surface area (Å²) in [7, 11) is 0. The third kappa shape index (κ3) is 17.7. The lowest BCUT2D eigenvalue weighted by molar-refractivity contribution is -0.152. The number of alkyl halides is 3. The molecule has 0 unspecified atom stereocenters. The van der Waals surface area contributed by atoms with E-state index in [0.717, 1.165) is 0 Å². The van der Waals surface area contributed by atoms with Gasteiger partial charge >= 0.3 is 10.8 Å². The van der Waals surface area contributed by atoms with Crippen molar-refractivity contribution in [2.75, 3.05) is 0 Å². The van der Waals surface area contributed by atoms with Crippen molar-refractivity contribution < 1.29 is 23.5 Å². The molecule has 0 aliphatic heterocycles. The van der Waals surface area contributed by atoms with Crippen LogP contribution in [0.2, 0.25) is 0 Å². The number of Topliss-reactive ketones (excluding diaryl/α,β-unsaturated/α-hetero) is 1. The van der Waals surface area contributed by atoms with Gasteiger partial charge in [-0.1, -0.05) is 0 Å². The number of hydrogen-bond donors (Lipinski definition) is 1. The number of rotatable bonds is 1. The van der Waals surface area contributed by atoms with Gasteiger partial charge in [0.25, 0.3) is 0 Å². The first-order chi connectivity index (χ1) is 4.68. The van der Waals surface area contributed by atoms with Crippen LogP contribution >= 0.6 is 15.9 Å². The summed E-state index contributed by atoms with van der Waals surface area (Å²) in [6.07, 6.45) is 0. The Kier molecular flexibility index (Phi) is 6.16. The predicted octanol–water partition coefficient (Wildman–Crippen LogP) is 1.65. The highest BCUT2D eigenvalue weighted by atomic mass is 79.9. The first-order valence-electron chi connectivity index (χ1n) is 2.45. The van der Waals surface area contributed by atoms with Crippen LogP contribution in [0.25, 0.3) is 0 Å². The van der Waals surface area contributed by atoms with Gasteiger partial charge in [0.15, 0.2) is 0 Å². The van der Waals surface area contributed by atoms with Crippen molar-refractivity contribution in [3.8, 4) is 0 Å². The van der Waals surface area contributed by atoms with Gasteiger partial charge in [0.2, 0.25) is 0 Å². The number of ketones is 1. The standard InChI is InChI=1S/C3H6O.C2HBrF2O2/c1-3(2)4;3-2(4,5)1(6)7/h1-2H3;(H,6,7). The molecule has 0 atom stereocenters. The van der Waals surface area contributed by atoms with Crippen LogP contribution in [0, 0.1) is 0 Å². The Hall–Kier alpha value is -0.520. The van der Waals surface area contributed by atoms with Crippen molar-refractivity contribution >= 4 is 27.7 Å². The van der Waals surface area contributed by atoms with Gasteiger partial charge in [-0.25, -0.2) is 4.79 Å². The summed E-state index contributed by atoms with van der Waals surface area (Å²) < 4.78 is 22.3. The van der Waals surface area contributed by atoms with Gasteiger partial charge in [-0.3, -0.25) is 0 Å². The lowest BCUT2D eigenvalue weighted by atomic mass is 10.6. The van der Waals surface area contributed by atoms with Crippen molar-refractivity contribution in [1.29, 1.82) is 0 Å². The number of carboxylic acids is 1. The van der Waals surface area contributed by atoms with Crippen molar-refractivity contribution in [2.45, 2.75) is 18.7 Å². The molecule has 1 N–H and O–H groups in total. The fourth-order valence-electron chi connectivity index (χ4n) is 0. The molecule has 3 nitrogen and oxygen atoms in total. The first-order valence-corrected chi connectivity index (χ1v) is 3.24. The van der Waals surface area contributed by atoms with Crippen molar-refractivity contribution in [3.63, 3.8) is 0 Å². The Balaban J connectivity index is 0. The molecule has 6 heteroatoms. The summed E-state index contributed by atoms with van der Waals surface area (Å²) in [5.74, 6) is -2.01. The molecule has 0 aromatic heterocycles. The Morgan fingerprint density at radius 1 is 1.36 bits per heavy atom. The quantitative estimate of drug-likeness (QED) is 0.700. The molecular weight excluding hydrogens is 226 g/mol. The molecule has 0 heterocycles. The molecule has 0 aromatic carbocycles. The van der Waals surface area contributed by atoms with E-state index in [4.69, 9.17) is 5.11 Å². The summed E-state index contributed by atoms with van der Waals surface area (Å²) >= 11 is 1.61. The second-order valence-electron chi connectivity index (χ2n) is 1.71. The molecule has 0 amide bonds. The van der Waals surface area contributed by atoms with E-state index in [2.05, 4.69) is 0 Å². The third-order valence-corrected chi connectivity index (χ3v) is 0.582. The van der Waals surface area contributed by atoms with E-state index in [9.17, 15) is 18.4 Å². The zero-order valence-electron chi connectivity index (χ0n) is 5.90. The van der Waals surface area contributed by atoms with Gasteiger partial charge in [0, 0.05) is 15.9 Å². The highest BCUT2D eigenvalue weighted by Crippen LogP contribution is 2.20. The minimum absolute atomic E-state index is 0.167. The zero-order valence-corrected chi connectivity index (χ0v) is 7.48. The van der Waals surface area contributed by atoms with E-state index in [1.165, 1.54) is 13.8 Å². The predicted molar refractivity (Wildman–Crippen MR) is 37.9 cm³/mol. The zero-order chi connectivity index (χ0) is 9.65. The van der Waals surface area contributed by atoms with E-state index >= 15 is 0 Å². The fourth-order valence-corrected chi connectivity index (χ4v) is 0. The molecular formula is C5H7BrF2O3. The summed E-state index contributed by atoms with van der Waals surface area (Å²) in [5.41, 5.74) is 0. The largest absolute Gasteiger partial charge is 0.476 e.